The largest absolute Gasteiger partial charge is 0.486 e. The van der Waals surface area contributed by atoms with Gasteiger partial charge in [0, 0.05) is 25.2 Å². The van der Waals surface area contributed by atoms with E-state index in [1.54, 1.807) is 18.2 Å². The first-order valence-electron chi connectivity index (χ1n) is 7.06. The SMILES string of the molecule is CCCNC(=O)CN(C(C)=O)c1ccc2c(c1)OCCO2. The third-order valence-electron chi connectivity index (χ3n) is 3.09. The molecule has 1 aromatic rings. The molecule has 114 valence electrons. The van der Waals surface area contributed by atoms with Gasteiger partial charge in [-0.3, -0.25) is 9.59 Å². The molecule has 2 rings (SSSR count). The normalized spacial score (nSPS) is 12.7. The zero-order chi connectivity index (χ0) is 15.2. The highest BCUT2D eigenvalue weighted by atomic mass is 16.6. The molecule has 1 aliphatic heterocycles. The van der Waals surface area contributed by atoms with Gasteiger partial charge in [0.1, 0.15) is 19.8 Å². The number of nitrogens with one attached hydrogen (secondary N) is 1. The summed E-state index contributed by atoms with van der Waals surface area (Å²) in [7, 11) is 0. The van der Waals surface area contributed by atoms with Crippen LogP contribution in [0, 0.1) is 0 Å². The monoisotopic (exact) mass is 292 g/mol. The van der Waals surface area contributed by atoms with Gasteiger partial charge >= 0.3 is 0 Å². The summed E-state index contributed by atoms with van der Waals surface area (Å²) >= 11 is 0. The van der Waals surface area contributed by atoms with Crippen LogP contribution in [0.25, 0.3) is 0 Å². The summed E-state index contributed by atoms with van der Waals surface area (Å²) in [5.41, 5.74) is 0.624. The molecule has 0 radical (unpaired) electrons. The molecule has 1 aliphatic rings. The molecule has 0 saturated heterocycles. The van der Waals surface area contributed by atoms with E-state index in [4.69, 9.17) is 9.47 Å². The molecule has 1 heterocycles. The minimum absolute atomic E-state index is 0.00498. The molecule has 21 heavy (non-hydrogen) atoms. The summed E-state index contributed by atoms with van der Waals surface area (Å²) in [4.78, 5) is 25.0. The van der Waals surface area contributed by atoms with E-state index in [9.17, 15) is 9.59 Å². The molecule has 0 atom stereocenters. The highest BCUT2D eigenvalue weighted by Crippen LogP contribution is 2.33. The number of ether oxygens (including phenoxy) is 2. The topological polar surface area (TPSA) is 67.9 Å². The number of nitrogens with zero attached hydrogens (tertiary/aromatic N) is 1. The molecule has 2 amide bonds. The standard InChI is InChI=1S/C15H20N2O4/c1-3-6-16-15(19)10-17(11(2)18)12-4-5-13-14(9-12)21-8-7-20-13/h4-5,9H,3,6-8,10H2,1-2H3,(H,16,19). The molecule has 0 bridgehead atoms. The summed E-state index contributed by atoms with van der Waals surface area (Å²) in [5.74, 6) is 0.878. The van der Waals surface area contributed by atoms with Gasteiger partial charge in [-0.1, -0.05) is 6.92 Å². The minimum Gasteiger partial charge on any atom is -0.486 e. The van der Waals surface area contributed by atoms with Gasteiger partial charge in [-0.2, -0.15) is 0 Å². The molecule has 0 aromatic heterocycles. The fourth-order valence-corrected chi connectivity index (χ4v) is 2.05. The first-order chi connectivity index (χ1) is 10.1. The van der Waals surface area contributed by atoms with Crippen LogP contribution in [0.2, 0.25) is 0 Å². The lowest BCUT2D eigenvalue weighted by Gasteiger charge is -2.24. The summed E-state index contributed by atoms with van der Waals surface area (Å²) < 4.78 is 10.9. The molecular formula is C15H20N2O4. The van der Waals surface area contributed by atoms with Crippen LogP contribution in [0.15, 0.2) is 18.2 Å². The molecule has 0 unspecified atom stereocenters. The fraction of sp³-hybridized carbons (Fsp3) is 0.467. The lowest BCUT2D eigenvalue weighted by Crippen LogP contribution is -2.40. The third-order valence-corrected chi connectivity index (χ3v) is 3.09. The van der Waals surface area contributed by atoms with Crippen LogP contribution in [0.3, 0.4) is 0 Å². The number of anilines is 1. The highest BCUT2D eigenvalue weighted by Gasteiger charge is 2.19. The number of amides is 2. The van der Waals surface area contributed by atoms with Crippen LogP contribution in [0.1, 0.15) is 20.3 Å². The Morgan fingerprint density at radius 3 is 2.62 bits per heavy atom. The van der Waals surface area contributed by atoms with Crippen LogP contribution in [-0.2, 0) is 9.59 Å². The molecule has 1 aromatic carbocycles. The third kappa shape index (κ3) is 3.87. The predicted molar refractivity (Wildman–Crippen MR) is 78.8 cm³/mol. The number of carbonyl (C=O) groups excluding carboxylic acids is 2. The first kappa shape index (κ1) is 15.2. The van der Waals surface area contributed by atoms with Gasteiger partial charge in [-0.15, -0.1) is 0 Å². The van der Waals surface area contributed by atoms with Crippen molar-refractivity contribution < 1.29 is 19.1 Å². The first-order valence-corrected chi connectivity index (χ1v) is 7.06. The quantitative estimate of drug-likeness (QED) is 0.889. The van der Waals surface area contributed by atoms with E-state index in [1.165, 1.54) is 11.8 Å². The Hall–Kier alpha value is -2.24. The van der Waals surface area contributed by atoms with Crippen LogP contribution in [0.4, 0.5) is 5.69 Å². The van der Waals surface area contributed by atoms with E-state index >= 15 is 0 Å². The van der Waals surface area contributed by atoms with E-state index in [0.29, 0.717) is 36.9 Å². The Morgan fingerprint density at radius 2 is 1.95 bits per heavy atom. The molecule has 0 aliphatic carbocycles. The average molecular weight is 292 g/mol. The zero-order valence-corrected chi connectivity index (χ0v) is 12.3. The van der Waals surface area contributed by atoms with Crippen molar-refractivity contribution in [3.8, 4) is 11.5 Å². The van der Waals surface area contributed by atoms with Crippen molar-refractivity contribution in [2.45, 2.75) is 20.3 Å². The Bertz CT molecular complexity index is 530. The van der Waals surface area contributed by atoms with Crippen LogP contribution in [-0.4, -0.2) is 38.1 Å². The Labute approximate surface area is 124 Å². The van der Waals surface area contributed by atoms with Gasteiger partial charge in [-0.05, 0) is 18.6 Å². The second kappa shape index (κ2) is 6.97. The van der Waals surface area contributed by atoms with Crippen molar-refractivity contribution >= 4 is 17.5 Å². The smallest absolute Gasteiger partial charge is 0.240 e. The average Bonchev–Trinajstić information content (AvgIpc) is 2.49. The number of carbonyl (C=O) groups is 2. The summed E-state index contributed by atoms with van der Waals surface area (Å²) in [6, 6.07) is 5.23. The van der Waals surface area contributed by atoms with Crippen molar-refractivity contribution in [1.29, 1.82) is 0 Å². The molecule has 6 heteroatoms. The lowest BCUT2D eigenvalue weighted by molar-refractivity contribution is -0.123. The van der Waals surface area contributed by atoms with E-state index in [0.717, 1.165) is 6.42 Å². The van der Waals surface area contributed by atoms with E-state index < -0.39 is 0 Å². The molecule has 6 nitrogen and oxygen atoms in total. The van der Waals surface area contributed by atoms with E-state index in [-0.39, 0.29) is 18.4 Å². The zero-order valence-electron chi connectivity index (χ0n) is 12.3. The number of benzene rings is 1. The van der Waals surface area contributed by atoms with Crippen molar-refractivity contribution in [2.24, 2.45) is 0 Å². The van der Waals surface area contributed by atoms with Gasteiger partial charge in [0.05, 0.1) is 0 Å². The van der Waals surface area contributed by atoms with E-state index in [1.807, 2.05) is 6.92 Å². The number of fused-ring (bicyclic) bond motifs is 1. The van der Waals surface area contributed by atoms with Crippen molar-refractivity contribution in [3.63, 3.8) is 0 Å². The maximum absolute atomic E-state index is 11.8. The Morgan fingerprint density at radius 1 is 1.24 bits per heavy atom. The van der Waals surface area contributed by atoms with Crippen LogP contribution in [0.5, 0.6) is 11.5 Å². The van der Waals surface area contributed by atoms with E-state index in [2.05, 4.69) is 5.32 Å². The van der Waals surface area contributed by atoms with Gasteiger partial charge < -0.3 is 19.7 Å². The maximum Gasteiger partial charge on any atom is 0.240 e. The summed E-state index contributed by atoms with van der Waals surface area (Å²) in [6.07, 6.45) is 0.857. The minimum atomic E-state index is -0.196. The second-order valence-corrected chi connectivity index (χ2v) is 4.78. The van der Waals surface area contributed by atoms with Crippen LogP contribution < -0.4 is 19.7 Å². The molecule has 0 saturated carbocycles. The van der Waals surface area contributed by atoms with Gasteiger partial charge in [0.15, 0.2) is 11.5 Å². The molecule has 0 fully saturated rings. The van der Waals surface area contributed by atoms with Gasteiger partial charge in [0.2, 0.25) is 11.8 Å². The lowest BCUT2D eigenvalue weighted by atomic mass is 10.2. The predicted octanol–water partition coefficient (Wildman–Crippen LogP) is 1.34. The highest BCUT2D eigenvalue weighted by molar-refractivity contribution is 5.97. The maximum atomic E-state index is 11.8. The summed E-state index contributed by atoms with van der Waals surface area (Å²) in [5, 5.41) is 2.76. The number of hydrogen-bond acceptors (Lipinski definition) is 4. The molecular weight excluding hydrogens is 272 g/mol. The fourth-order valence-electron chi connectivity index (χ4n) is 2.05. The second-order valence-electron chi connectivity index (χ2n) is 4.78. The molecule has 1 N–H and O–H groups in total. The number of rotatable bonds is 5. The van der Waals surface area contributed by atoms with Crippen molar-refractivity contribution in [1.82, 2.24) is 5.32 Å². The van der Waals surface area contributed by atoms with Crippen molar-refractivity contribution in [3.05, 3.63) is 18.2 Å². The Kier molecular flexibility index (Phi) is 5.03. The number of hydrogen-bond donors (Lipinski definition) is 1. The Balaban J connectivity index is 2.14. The van der Waals surface area contributed by atoms with Crippen LogP contribution >= 0.6 is 0 Å². The van der Waals surface area contributed by atoms with Gasteiger partial charge in [0.25, 0.3) is 0 Å². The van der Waals surface area contributed by atoms with Gasteiger partial charge in [-0.25, -0.2) is 0 Å². The van der Waals surface area contributed by atoms with Crippen molar-refractivity contribution in [2.75, 3.05) is 31.2 Å². The summed E-state index contributed by atoms with van der Waals surface area (Å²) in [6.45, 7) is 5.00. The molecule has 0 spiro atoms.